The third-order valence-electron chi connectivity index (χ3n) is 3.70. The summed E-state index contributed by atoms with van der Waals surface area (Å²) in [5.41, 5.74) is 1.09. The maximum absolute atomic E-state index is 12.5. The van der Waals surface area contributed by atoms with Crippen molar-refractivity contribution in [2.45, 2.75) is 25.8 Å². The molecule has 0 spiro atoms. The van der Waals surface area contributed by atoms with Crippen molar-refractivity contribution in [2.75, 3.05) is 17.1 Å². The van der Waals surface area contributed by atoms with Crippen molar-refractivity contribution < 1.29 is 13.2 Å². The molecule has 2 aromatic carbocycles. The minimum Gasteiger partial charge on any atom is -0.349 e. The molecule has 2 aromatic rings. The number of para-hydroxylation sites is 1. The van der Waals surface area contributed by atoms with Gasteiger partial charge in [-0.2, -0.15) is 0 Å². The van der Waals surface area contributed by atoms with Crippen LogP contribution in [-0.2, 0) is 21.2 Å². The molecule has 0 radical (unpaired) electrons. The lowest BCUT2D eigenvalue weighted by molar-refractivity contribution is -0.121. The van der Waals surface area contributed by atoms with Crippen LogP contribution in [0.4, 0.5) is 5.69 Å². The van der Waals surface area contributed by atoms with Crippen molar-refractivity contribution >= 4 is 21.6 Å². The van der Waals surface area contributed by atoms with E-state index in [4.69, 9.17) is 0 Å². The maximum Gasteiger partial charge on any atom is 0.241 e. The third-order valence-corrected chi connectivity index (χ3v) is 4.84. The number of rotatable bonds is 7. The topological polar surface area (TPSA) is 66.5 Å². The highest BCUT2D eigenvalue weighted by Gasteiger charge is 2.25. The number of amides is 1. The lowest BCUT2D eigenvalue weighted by Crippen LogP contribution is -2.50. The van der Waals surface area contributed by atoms with Crippen molar-refractivity contribution in [3.8, 4) is 0 Å². The van der Waals surface area contributed by atoms with E-state index in [2.05, 4.69) is 5.32 Å². The second-order valence-corrected chi connectivity index (χ2v) is 8.61. The van der Waals surface area contributed by atoms with Crippen molar-refractivity contribution in [3.05, 3.63) is 66.2 Å². The fraction of sp³-hybridized carbons (Fsp3) is 0.316. The van der Waals surface area contributed by atoms with Crippen molar-refractivity contribution in [1.82, 2.24) is 5.32 Å². The molecule has 0 saturated carbocycles. The highest BCUT2D eigenvalue weighted by atomic mass is 32.2. The molecule has 25 heavy (non-hydrogen) atoms. The second-order valence-electron chi connectivity index (χ2n) is 6.70. The van der Waals surface area contributed by atoms with E-state index in [1.165, 1.54) is 0 Å². The first-order valence-electron chi connectivity index (χ1n) is 8.05. The molecule has 0 bridgehead atoms. The summed E-state index contributed by atoms with van der Waals surface area (Å²) in [5, 5.41) is 2.93. The van der Waals surface area contributed by atoms with Crippen LogP contribution in [0.5, 0.6) is 0 Å². The van der Waals surface area contributed by atoms with Gasteiger partial charge in [0.25, 0.3) is 0 Å². The van der Waals surface area contributed by atoms with Crippen LogP contribution >= 0.6 is 0 Å². The van der Waals surface area contributed by atoms with Crippen LogP contribution in [0.25, 0.3) is 0 Å². The summed E-state index contributed by atoms with van der Waals surface area (Å²) in [5.74, 6) is -0.338. The Kier molecular flexibility index (Phi) is 5.85. The summed E-state index contributed by atoms with van der Waals surface area (Å²) in [7, 11) is -3.56. The molecule has 5 nitrogen and oxygen atoms in total. The fourth-order valence-corrected chi connectivity index (χ4v) is 3.55. The van der Waals surface area contributed by atoms with Gasteiger partial charge in [0.15, 0.2) is 0 Å². The number of anilines is 1. The Morgan fingerprint density at radius 1 is 1.00 bits per heavy atom. The lowest BCUT2D eigenvalue weighted by atomic mass is 9.95. The van der Waals surface area contributed by atoms with Crippen molar-refractivity contribution in [3.63, 3.8) is 0 Å². The molecule has 134 valence electrons. The molecule has 0 heterocycles. The monoisotopic (exact) mass is 360 g/mol. The van der Waals surface area contributed by atoms with Crippen LogP contribution < -0.4 is 9.62 Å². The molecule has 1 N–H and O–H groups in total. The van der Waals surface area contributed by atoms with Crippen LogP contribution in [-0.4, -0.2) is 32.7 Å². The van der Waals surface area contributed by atoms with Gasteiger partial charge in [-0.1, -0.05) is 48.5 Å². The number of hydrogen-bond acceptors (Lipinski definition) is 3. The van der Waals surface area contributed by atoms with Gasteiger partial charge in [-0.05, 0) is 38.0 Å². The van der Waals surface area contributed by atoms with E-state index in [0.29, 0.717) is 12.1 Å². The van der Waals surface area contributed by atoms with Gasteiger partial charge in [0.1, 0.15) is 6.54 Å². The number of carbonyl (C=O) groups excluding carboxylic acids is 1. The van der Waals surface area contributed by atoms with Gasteiger partial charge in [0.05, 0.1) is 11.9 Å². The van der Waals surface area contributed by atoms with Gasteiger partial charge < -0.3 is 5.32 Å². The zero-order chi connectivity index (χ0) is 18.5. The fourth-order valence-electron chi connectivity index (χ4n) is 2.69. The highest BCUT2D eigenvalue weighted by Crippen LogP contribution is 2.17. The zero-order valence-electron chi connectivity index (χ0n) is 14.8. The molecule has 0 aliphatic rings. The smallest absolute Gasteiger partial charge is 0.241 e. The Morgan fingerprint density at radius 3 is 2.04 bits per heavy atom. The molecule has 0 unspecified atom stereocenters. The quantitative estimate of drug-likeness (QED) is 0.825. The number of benzene rings is 2. The number of nitrogens with one attached hydrogen (secondary N) is 1. The van der Waals surface area contributed by atoms with E-state index in [-0.39, 0.29) is 12.5 Å². The Hall–Kier alpha value is -2.34. The summed E-state index contributed by atoms with van der Waals surface area (Å²) in [6.45, 7) is 3.59. The largest absolute Gasteiger partial charge is 0.349 e. The first kappa shape index (κ1) is 19.0. The summed E-state index contributed by atoms with van der Waals surface area (Å²) in [6.07, 6.45) is 1.76. The molecule has 0 aliphatic heterocycles. The van der Waals surface area contributed by atoms with Gasteiger partial charge in [-0.3, -0.25) is 9.10 Å². The molecule has 6 heteroatoms. The van der Waals surface area contributed by atoms with Gasteiger partial charge in [0.2, 0.25) is 15.9 Å². The Morgan fingerprint density at radius 2 is 1.52 bits per heavy atom. The summed E-state index contributed by atoms with van der Waals surface area (Å²) in [6, 6.07) is 18.5. The summed E-state index contributed by atoms with van der Waals surface area (Å²) in [4.78, 5) is 12.5. The molecule has 2 rings (SSSR count). The van der Waals surface area contributed by atoms with Gasteiger partial charge in [0, 0.05) is 5.54 Å². The van der Waals surface area contributed by atoms with Crippen LogP contribution in [0.2, 0.25) is 0 Å². The van der Waals surface area contributed by atoms with E-state index in [9.17, 15) is 13.2 Å². The predicted molar refractivity (Wildman–Crippen MR) is 101 cm³/mol. The first-order valence-corrected chi connectivity index (χ1v) is 9.90. The van der Waals surface area contributed by atoms with Gasteiger partial charge >= 0.3 is 0 Å². The minimum atomic E-state index is -3.56. The lowest BCUT2D eigenvalue weighted by Gasteiger charge is -2.29. The van der Waals surface area contributed by atoms with Crippen LogP contribution in [0.15, 0.2) is 60.7 Å². The highest BCUT2D eigenvalue weighted by molar-refractivity contribution is 7.92. The van der Waals surface area contributed by atoms with Crippen molar-refractivity contribution in [2.24, 2.45) is 0 Å². The maximum atomic E-state index is 12.5. The molecule has 0 saturated heterocycles. The Labute approximate surface area is 149 Å². The molecular weight excluding hydrogens is 336 g/mol. The van der Waals surface area contributed by atoms with Crippen molar-refractivity contribution in [1.29, 1.82) is 0 Å². The third kappa shape index (κ3) is 5.90. The van der Waals surface area contributed by atoms with E-state index in [0.717, 1.165) is 16.1 Å². The molecule has 0 fully saturated rings. The molecule has 0 aliphatic carbocycles. The molecule has 0 atom stereocenters. The predicted octanol–water partition coefficient (Wildman–Crippen LogP) is 2.59. The summed E-state index contributed by atoms with van der Waals surface area (Å²) >= 11 is 0. The van der Waals surface area contributed by atoms with E-state index >= 15 is 0 Å². The minimum absolute atomic E-state index is 0.249. The Balaban J connectivity index is 2.08. The van der Waals surface area contributed by atoms with Gasteiger partial charge in [-0.15, -0.1) is 0 Å². The van der Waals surface area contributed by atoms with Crippen LogP contribution in [0.3, 0.4) is 0 Å². The number of sulfonamides is 1. The van der Waals surface area contributed by atoms with Crippen LogP contribution in [0.1, 0.15) is 19.4 Å². The van der Waals surface area contributed by atoms with E-state index < -0.39 is 15.6 Å². The van der Waals surface area contributed by atoms with E-state index in [1.54, 1.807) is 30.3 Å². The number of nitrogens with zero attached hydrogens (tertiary/aromatic N) is 1. The average Bonchev–Trinajstić information content (AvgIpc) is 2.52. The molecular formula is C19H24N2O3S. The zero-order valence-corrected chi connectivity index (χ0v) is 15.6. The number of hydrogen-bond donors (Lipinski definition) is 1. The van der Waals surface area contributed by atoms with E-state index in [1.807, 2.05) is 44.2 Å². The summed E-state index contributed by atoms with van der Waals surface area (Å²) < 4.78 is 25.3. The SMILES string of the molecule is CC(C)(Cc1ccccc1)NC(=O)CN(c1ccccc1)S(C)(=O)=O. The Bertz CT molecular complexity index is 803. The standard InChI is InChI=1S/C19H24N2O3S/c1-19(2,14-16-10-6-4-7-11-16)20-18(22)15-21(25(3,23)24)17-12-8-5-9-13-17/h4-13H,14-15H2,1-3H3,(H,20,22). The average molecular weight is 360 g/mol. The normalized spacial score (nSPS) is 11.8. The molecule has 0 aromatic heterocycles. The van der Waals surface area contributed by atoms with Gasteiger partial charge in [-0.25, -0.2) is 8.42 Å². The number of carbonyl (C=O) groups is 1. The second kappa shape index (κ2) is 7.70. The molecule has 1 amide bonds. The van der Waals surface area contributed by atoms with Crippen LogP contribution in [0, 0.1) is 0 Å². The first-order chi connectivity index (χ1) is 11.7.